The second-order valence-electron chi connectivity index (χ2n) is 11.2. The summed E-state index contributed by atoms with van der Waals surface area (Å²) < 4.78 is 5.76. The van der Waals surface area contributed by atoms with Crippen molar-refractivity contribution in [2.75, 3.05) is 0 Å². The van der Waals surface area contributed by atoms with Crippen LogP contribution >= 0.6 is 0 Å². The average Bonchev–Trinajstić information content (AvgIpc) is 2.99. The summed E-state index contributed by atoms with van der Waals surface area (Å²) in [5.41, 5.74) is 0.900. The minimum Gasteiger partial charge on any atom is -0.423 e. The van der Waals surface area contributed by atoms with E-state index < -0.39 is 0 Å². The molecule has 0 aromatic carbocycles. The molecule has 0 amide bonds. The van der Waals surface area contributed by atoms with Gasteiger partial charge in [0.05, 0.1) is 0 Å². The first-order valence-electron chi connectivity index (χ1n) is 12.2. The predicted octanol–water partition coefficient (Wildman–Crippen LogP) is 5.78. The van der Waals surface area contributed by atoms with E-state index in [0.717, 1.165) is 63.4 Å². The van der Waals surface area contributed by atoms with E-state index in [1.54, 1.807) is 0 Å². The number of carbonyl (C=O) groups is 3. The van der Waals surface area contributed by atoms with Gasteiger partial charge in [0.25, 0.3) is 0 Å². The summed E-state index contributed by atoms with van der Waals surface area (Å²) >= 11 is 0. The van der Waals surface area contributed by atoms with Gasteiger partial charge in [-0.1, -0.05) is 34.1 Å². The molecule has 30 heavy (non-hydrogen) atoms. The molecule has 3 fully saturated rings. The van der Waals surface area contributed by atoms with Crippen molar-refractivity contribution >= 4 is 17.5 Å². The molecule has 4 rings (SSSR count). The molecule has 0 saturated heterocycles. The summed E-state index contributed by atoms with van der Waals surface area (Å²) in [6.07, 6.45) is 9.15. The van der Waals surface area contributed by atoms with E-state index in [4.69, 9.17) is 4.74 Å². The van der Waals surface area contributed by atoms with Crippen molar-refractivity contribution in [3.8, 4) is 0 Å². The molecule has 0 unspecified atom stereocenters. The maximum absolute atomic E-state index is 12.8. The first-order valence-corrected chi connectivity index (χ1v) is 12.2. The van der Waals surface area contributed by atoms with E-state index in [9.17, 15) is 14.4 Å². The molecule has 4 nitrogen and oxygen atoms in total. The molecule has 0 bridgehead atoms. The number of fused-ring (bicyclic) bond motifs is 5. The van der Waals surface area contributed by atoms with Crippen molar-refractivity contribution in [3.05, 3.63) is 11.3 Å². The molecule has 0 heterocycles. The number of Topliss-reactive ketones (excluding diaryl/α,β-unsaturated/α-hetero) is 2. The van der Waals surface area contributed by atoms with Gasteiger partial charge in [0, 0.05) is 24.7 Å². The summed E-state index contributed by atoms with van der Waals surface area (Å²) in [5.74, 6) is 2.70. The van der Waals surface area contributed by atoms with Crippen LogP contribution in [-0.2, 0) is 19.1 Å². The van der Waals surface area contributed by atoms with E-state index in [2.05, 4.69) is 27.7 Å². The third-order valence-corrected chi connectivity index (χ3v) is 9.16. The summed E-state index contributed by atoms with van der Waals surface area (Å²) in [5, 5.41) is 0. The van der Waals surface area contributed by atoms with E-state index in [1.165, 1.54) is 0 Å². The topological polar surface area (TPSA) is 60.4 Å². The van der Waals surface area contributed by atoms with Crippen LogP contribution in [0.25, 0.3) is 0 Å². The number of ether oxygens (including phenoxy) is 1. The fraction of sp³-hybridized carbons (Fsp3) is 0.808. The van der Waals surface area contributed by atoms with Crippen LogP contribution in [0.15, 0.2) is 11.3 Å². The quantitative estimate of drug-likeness (QED) is 0.535. The summed E-state index contributed by atoms with van der Waals surface area (Å²) in [6.45, 7) is 8.80. The molecule has 3 saturated carbocycles. The molecule has 0 radical (unpaired) electrons. The van der Waals surface area contributed by atoms with Gasteiger partial charge >= 0.3 is 5.97 Å². The van der Waals surface area contributed by atoms with Crippen molar-refractivity contribution in [3.63, 3.8) is 0 Å². The lowest BCUT2D eigenvalue weighted by atomic mass is 9.47. The molecule has 166 valence electrons. The number of allylic oxidation sites excluding steroid dienone is 1. The van der Waals surface area contributed by atoms with Crippen LogP contribution in [0, 0.1) is 34.5 Å². The summed E-state index contributed by atoms with van der Waals surface area (Å²) in [4.78, 5) is 37.8. The molecule has 0 aromatic rings. The van der Waals surface area contributed by atoms with Crippen LogP contribution in [0.3, 0.4) is 0 Å². The highest BCUT2D eigenvalue weighted by atomic mass is 16.5. The highest BCUT2D eigenvalue weighted by Crippen LogP contribution is 2.65. The summed E-state index contributed by atoms with van der Waals surface area (Å²) in [7, 11) is 0. The van der Waals surface area contributed by atoms with Crippen molar-refractivity contribution in [1.82, 2.24) is 0 Å². The monoisotopic (exact) mass is 414 g/mol. The lowest BCUT2D eigenvalue weighted by molar-refractivity contribution is -0.145. The number of rotatable bonds is 5. The fourth-order valence-electron chi connectivity index (χ4n) is 7.37. The second kappa shape index (κ2) is 7.91. The van der Waals surface area contributed by atoms with Crippen molar-refractivity contribution < 1.29 is 19.1 Å². The number of esters is 1. The zero-order valence-electron chi connectivity index (χ0n) is 19.2. The molecule has 4 heteroatoms. The molecule has 0 spiro atoms. The van der Waals surface area contributed by atoms with Crippen LogP contribution in [0.2, 0.25) is 0 Å². The number of hydrogen-bond acceptors (Lipinski definition) is 4. The number of carbonyl (C=O) groups excluding carboxylic acids is 3. The van der Waals surface area contributed by atoms with E-state index in [0.29, 0.717) is 48.1 Å². The van der Waals surface area contributed by atoms with E-state index >= 15 is 0 Å². The number of hydrogen-bond donors (Lipinski definition) is 0. The Kier molecular flexibility index (Phi) is 5.74. The first kappa shape index (κ1) is 21.8. The Balaban J connectivity index is 1.56. The van der Waals surface area contributed by atoms with Crippen LogP contribution < -0.4 is 0 Å². The summed E-state index contributed by atoms with van der Waals surface area (Å²) in [6, 6.07) is 0. The zero-order valence-corrected chi connectivity index (χ0v) is 19.2. The van der Waals surface area contributed by atoms with Gasteiger partial charge in [-0.2, -0.15) is 0 Å². The van der Waals surface area contributed by atoms with Gasteiger partial charge in [-0.05, 0) is 79.6 Å². The van der Waals surface area contributed by atoms with Crippen LogP contribution in [0.5, 0.6) is 0 Å². The van der Waals surface area contributed by atoms with Gasteiger partial charge in [0.1, 0.15) is 5.78 Å². The van der Waals surface area contributed by atoms with Crippen LogP contribution in [0.4, 0.5) is 0 Å². The van der Waals surface area contributed by atoms with Gasteiger partial charge in [-0.25, -0.2) is 0 Å². The largest absolute Gasteiger partial charge is 0.423 e. The Morgan fingerprint density at radius 2 is 1.73 bits per heavy atom. The molecule has 0 N–H and O–H groups in total. The number of ketones is 2. The van der Waals surface area contributed by atoms with Crippen molar-refractivity contribution in [2.45, 2.75) is 98.3 Å². The third-order valence-electron chi connectivity index (χ3n) is 9.16. The Bertz CT molecular complexity index is 778. The van der Waals surface area contributed by atoms with Crippen molar-refractivity contribution in [1.29, 1.82) is 0 Å². The van der Waals surface area contributed by atoms with Crippen LogP contribution in [0.1, 0.15) is 98.3 Å². The predicted molar refractivity (Wildman–Crippen MR) is 115 cm³/mol. The molecule has 0 aromatic heterocycles. The smallest absolute Gasteiger partial charge is 0.311 e. The van der Waals surface area contributed by atoms with Gasteiger partial charge in [0.15, 0.2) is 11.5 Å². The van der Waals surface area contributed by atoms with Gasteiger partial charge < -0.3 is 4.74 Å². The maximum atomic E-state index is 12.8. The Labute approximate surface area is 181 Å². The van der Waals surface area contributed by atoms with Gasteiger partial charge in [-0.15, -0.1) is 0 Å². The van der Waals surface area contributed by atoms with Gasteiger partial charge in [-0.3, -0.25) is 14.4 Å². The third kappa shape index (κ3) is 3.48. The molecule has 0 aliphatic heterocycles. The zero-order chi connectivity index (χ0) is 21.7. The molecular weight excluding hydrogens is 376 g/mol. The first-order chi connectivity index (χ1) is 14.2. The average molecular weight is 415 g/mol. The van der Waals surface area contributed by atoms with Crippen LogP contribution in [-0.4, -0.2) is 17.5 Å². The minimum absolute atomic E-state index is 0.00910. The Morgan fingerprint density at radius 3 is 2.47 bits per heavy atom. The van der Waals surface area contributed by atoms with Crippen molar-refractivity contribution in [2.24, 2.45) is 34.5 Å². The van der Waals surface area contributed by atoms with E-state index in [1.807, 2.05) is 0 Å². The molecule has 4 aliphatic rings. The molecule has 4 aliphatic carbocycles. The fourth-order valence-corrected chi connectivity index (χ4v) is 7.37. The maximum Gasteiger partial charge on any atom is 0.311 e. The minimum atomic E-state index is -0.254. The highest BCUT2D eigenvalue weighted by Gasteiger charge is 2.59. The SMILES string of the molecule is CC(C)CCCC(=O)OC1=C2CC[C@@H]3[C@H](CC[C@]4(C)C(=O)CC[C@@H]34)[C@@]2(C)CCC1=O. The van der Waals surface area contributed by atoms with Gasteiger partial charge in [0.2, 0.25) is 0 Å². The normalized spacial score (nSPS) is 38.4. The highest BCUT2D eigenvalue weighted by molar-refractivity contribution is 5.97. The molecular formula is C26H38O4. The second-order valence-corrected chi connectivity index (χ2v) is 11.2. The molecule has 5 atom stereocenters. The lowest BCUT2D eigenvalue weighted by Crippen LogP contribution is -2.51. The Hall–Kier alpha value is -1.45. The lowest BCUT2D eigenvalue weighted by Gasteiger charge is -2.57. The standard InChI is InChI=1S/C26H38O4/c1-16(2)6-5-7-23(29)30-24-20-9-8-17-18-10-11-22(28)26(18,4)14-12-19(17)25(20,3)15-13-21(24)27/h16-19H,5-15H2,1-4H3/t17-,18-,19-,25+,26-/m0/s1. The van der Waals surface area contributed by atoms with E-state index in [-0.39, 0.29) is 22.6 Å². The Morgan fingerprint density at radius 1 is 1.00 bits per heavy atom.